The fourth-order valence-corrected chi connectivity index (χ4v) is 5.81. The van der Waals surface area contributed by atoms with Gasteiger partial charge in [0.2, 0.25) is 5.88 Å². The summed E-state index contributed by atoms with van der Waals surface area (Å²) in [6, 6.07) is 7.39. The average Bonchev–Trinajstić information content (AvgIpc) is 3.40. The summed E-state index contributed by atoms with van der Waals surface area (Å²) in [6.07, 6.45) is -1.44. The van der Waals surface area contributed by atoms with Gasteiger partial charge in [0.1, 0.15) is 22.1 Å². The van der Waals surface area contributed by atoms with Crippen molar-refractivity contribution in [2.45, 2.75) is 32.0 Å². The minimum absolute atomic E-state index is 0.224. The zero-order valence-corrected chi connectivity index (χ0v) is 19.0. The number of nitrogens with zero attached hydrogens (tertiary/aromatic N) is 4. The van der Waals surface area contributed by atoms with Crippen LogP contribution in [0.4, 0.5) is 13.2 Å². The Bertz CT molecular complexity index is 1380. The molecule has 0 unspecified atom stereocenters. The van der Waals surface area contributed by atoms with Crippen LogP contribution in [-0.4, -0.2) is 46.2 Å². The van der Waals surface area contributed by atoms with E-state index >= 15 is 0 Å². The number of aryl methyl sites for hydroxylation is 2. The summed E-state index contributed by atoms with van der Waals surface area (Å²) in [5, 5.41) is 1.53. The van der Waals surface area contributed by atoms with Crippen LogP contribution in [0.25, 0.3) is 21.1 Å². The number of morpholine rings is 1. The summed E-state index contributed by atoms with van der Waals surface area (Å²) in [7, 11) is 0. The van der Waals surface area contributed by atoms with E-state index in [1.165, 1.54) is 22.6 Å². The van der Waals surface area contributed by atoms with E-state index in [4.69, 9.17) is 19.4 Å². The van der Waals surface area contributed by atoms with Crippen LogP contribution in [0.1, 0.15) is 28.4 Å². The van der Waals surface area contributed by atoms with Crippen molar-refractivity contribution in [2.75, 3.05) is 26.3 Å². The summed E-state index contributed by atoms with van der Waals surface area (Å²) in [5.74, 6) is 1.52. The van der Waals surface area contributed by atoms with Crippen molar-refractivity contribution in [1.82, 2.24) is 19.9 Å². The van der Waals surface area contributed by atoms with Crippen LogP contribution in [0.15, 0.2) is 30.3 Å². The van der Waals surface area contributed by atoms with Gasteiger partial charge >= 0.3 is 6.18 Å². The average molecular weight is 487 g/mol. The smallest absolute Gasteiger partial charge is 0.433 e. The molecule has 1 saturated heterocycles. The quantitative estimate of drug-likeness (QED) is 0.387. The largest absolute Gasteiger partial charge is 0.438 e. The standard InChI is InChI=1S/C24H21F3N4O2S/c25-24(26,27)19-7-5-14-4-6-15(12-17(14)28-19)33-22-21-16-2-1-3-18(16)34-23(21)30-20(29-22)13-31-8-10-32-11-9-31/h4-7,12H,1-3,8-11,13H2. The third-order valence-corrected chi connectivity index (χ3v) is 7.40. The lowest BCUT2D eigenvalue weighted by atomic mass is 10.2. The number of thiophene rings is 1. The van der Waals surface area contributed by atoms with Gasteiger partial charge in [-0.15, -0.1) is 11.3 Å². The third-order valence-electron chi connectivity index (χ3n) is 6.22. The number of ether oxygens (including phenoxy) is 2. The fourth-order valence-electron chi connectivity index (χ4n) is 4.54. The molecule has 4 heterocycles. The Morgan fingerprint density at radius 2 is 1.85 bits per heavy atom. The van der Waals surface area contributed by atoms with E-state index in [1.54, 1.807) is 23.5 Å². The van der Waals surface area contributed by atoms with Gasteiger partial charge in [0, 0.05) is 29.4 Å². The Balaban J connectivity index is 1.39. The monoisotopic (exact) mass is 486 g/mol. The SMILES string of the molecule is FC(F)(F)c1ccc2ccc(Oc3nc(CN4CCOCC4)nc4sc5c(c34)CCC5)cc2n1. The summed E-state index contributed by atoms with van der Waals surface area (Å²) < 4.78 is 51.1. The van der Waals surface area contributed by atoms with E-state index < -0.39 is 11.9 Å². The number of benzene rings is 1. The molecular formula is C24H21F3N4O2S. The second-order valence-electron chi connectivity index (χ2n) is 8.52. The molecule has 1 aliphatic heterocycles. The number of hydrogen-bond donors (Lipinski definition) is 0. The molecule has 176 valence electrons. The van der Waals surface area contributed by atoms with Gasteiger partial charge in [-0.05, 0) is 43.0 Å². The van der Waals surface area contributed by atoms with Crippen molar-refractivity contribution in [1.29, 1.82) is 0 Å². The minimum Gasteiger partial charge on any atom is -0.438 e. The molecule has 4 aromatic rings. The van der Waals surface area contributed by atoms with Gasteiger partial charge in [0.05, 0.1) is 30.7 Å². The summed E-state index contributed by atoms with van der Waals surface area (Å²) in [4.78, 5) is 17.9. The first-order valence-electron chi connectivity index (χ1n) is 11.2. The van der Waals surface area contributed by atoms with Crippen LogP contribution >= 0.6 is 11.3 Å². The first-order chi connectivity index (χ1) is 16.4. The van der Waals surface area contributed by atoms with Gasteiger partial charge in [-0.2, -0.15) is 18.2 Å². The second-order valence-corrected chi connectivity index (χ2v) is 9.61. The van der Waals surface area contributed by atoms with E-state index in [0.717, 1.165) is 48.6 Å². The molecule has 3 aromatic heterocycles. The van der Waals surface area contributed by atoms with Gasteiger partial charge in [-0.25, -0.2) is 9.97 Å². The lowest BCUT2D eigenvalue weighted by molar-refractivity contribution is -0.140. The predicted octanol–water partition coefficient (Wildman–Crippen LogP) is 5.37. The number of fused-ring (bicyclic) bond motifs is 4. The predicted molar refractivity (Wildman–Crippen MR) is 122 cm³/mol. The molecule has 0 N–H and O–H groups in total. The van der Waals surface area contributed by atoms with Crippen molar-refractivity contribution >= 4 is 32.5 Å². The van der Waals surface area contributed by atoms with E-state index in [1.807, 2.05) is 0 Å². The molecule has 0 spiro atoms. The number of pyridine rings is 1. The van der Waals surface area contributed by atoms with Crippen LogP contribution in [0, 0.1) is 0 Å². The van der Waals surface area contributed by atoms with E-state index in [-0.39, 0.29) is 5.52 Å². The summed E-state index contributed by atoms with van der Waals surface area (Å²) in [5.41, 5.74) is 0.526. The van der Waals surface area contributed by atoms with E-state index in [2.05, 4.69) is 9.88 Å². The van der Waals surface area contributed by atoms with E-state index in [9.17, 15) is 13.2 Å². The van der Waals surface area contributed by atoms with Crippen molar-refractivity contribution in [2.24, 2.45) is 0 Å². The number of aromatic nitrogens is 3. The van der Waals surface area contributed by atoms with Gasteiger partial charge in [-0.3, -0.25) is 4.90 Å². The van der Waals surface area contributed by atoms with Crippen molar-refractivity contribution < 1.29 is 22.6 Å². The highest BCUT2D eigenvalue weighted by molar-refractivity contribution is 7.19. The molecular weight excluding hydrogens is 465 g/mol. The molecule has 6 rings (SSSR count). The van der Waals surface area contributed by atoms with Crippen LogP contribution in [0.3, 0.4) is 0 Å². The Hall–Kier alpha value is -2.82. The molecule has 1 fully saturated rings. The van der Waals surface area contributed by atoms with Crippen LogP contribution in [0.5, 0.6) is 11.6 Å². The zero-order chi connectivity index (χ0) is 23.3. The van der Waals surface area contributed by atoms with Crippen molar-refractivity contribution in [3.8, 4) is 11.6 Å². The van der Waals surface area contributed by atoms with Crippen molar-refractivity contribution in [3.05, 3.63) is 52.3 Å². The molecule has 1 aromatic carbocycles. The second kappa shape index (κ2) is 8.44. The molecule has 2 aliphatic rings. The fraction of sp³-hybridized carbons (Fsp3) is 0.375. The third kappa shape index (κ3) is 4.10. The number of rotatable bonds is 4. The van der Waals surface area contributed by atoms with E-state index in [0.29, 0.717) is 42.6 Å². The zero-order valence-electron chi connectivity index (χ0n) is 18.2. The maximum atomic E-state index is 13.1. The molecule has 10 heteroatoms. The normalized spacial score (nSPS) is 16.9. The highest BCUT2D eigenvalue weighted by Gasteiger charge is 2.32. The number of halogens is 3. The molecule has 0 saturated carbocycles. The Morgan fingerprint density at radius 3 is 2.68 bits per heavy atom. The highest BCUT2D eigenvalue weighted by atomic mass is 32.1. The maximum Gasteiger partial charge on any atom is 0.433 e. The molecule has 0 atom stereocenters. The molecule has 0 radical (unpaired) electrons. The Labute approximate surface area is 197 Å². The first kappa shape index (κ1) is 21.7. The Morgan fingerprint density at radius 1 is 1.03 bits per heavy atom. The molecule has 1 aliphatic carbocycles. The lowest BCUT2D eigenvalue weighted by Gasteiger charge is -2.25. The lowest BCUT2D eigenvalue weighted by Crippen LogP contribution is -2.36. The van der Waals surface area contributed by atoms with Crippen molar-refractivity contribution in [3.63, 3.8) is 0 Å². The maximum absolute atomic E-state index is 13.1. The molecule has 6 nitrogen and oxygen atoms in total. The van der Waals surface area contributed by atoms with Gasteiger partial charge in [-0.1, -0.05) is 6.07 Å². The Kier molecular flexibility index (Phi) is 5.39. The summed E-state index contributed by atoms with van der Waals surface area (Å²) >= 11 is 1.68. The number of alkyl halides is 3. The van der Waals surface area contributed by atoms with Gasteiger partial charge in [0.25, 0.3) is 0 Å². The number of hydrogen-bond acceptors (Lipinski definition) is 7. The van der Waals surface area contributed by atoms with Gasteiger partial charge < -0.3 is 9.47 Å². The topological polar surface area (TPSA) is 60.4 Å². The van der Waals surface area contributed by atoms with Crippen LogP contribution in [-0.2, 0) is 30.3 Å². The molecule has 34 heavy (non-hydrogen) atoms. The molecule has 0 amide bonds. The summed E-state index contributed by atoms with van der Waals surface area (Å²) in [6.45, 7) is 3.59. The highest BCUT2D eigenvalue weighted by Crippen LogP contribution is 2.42. The molecule has 0 bridgehead atoms. The minimum atomic E-state index is -4.50. The van der Waals surface area contributed by atoms with Gasteiger partial charge in [0.15, 0.2) is 0 Å². The first-order valence-corrected chi connectivity index (χ1v) is 12.0. The van der Waals surface area contributed by atoms with Crippen LogP contribution in [0.2, 0.25) is 0 Å². The van der Waals surface area contributed by atoms with Crippen LogP contribution < -0.4 is 4.74 Å².